The van der Waals surface area contributed by atoms with Crippen LogP contribution in [0.5, 0.6) is 0 Å². The van der Waals surface area contributed by atoms with Crippen molar-refractivity contribution in [2.45, 2.75) is 25.4 Å². The second-order valence-corrected chi connectivity index (χ2v) is 6.94. The first-order chi connectivity index (χ1) is 11.2. The third kappa shape index (κ3) is 4.00. The van der Waals surface area contributed by atoms with Crippen molar-refractivity contribution in [3.8, 4) is 0 Å². The van der Waals surface area contributed by atoms with E-state index in [0.29, 0.717) is 6.10 Å². The number of likely N-dealkylation sites (N-methyl/N-ethyl adjacent to an activating group) is 1. The number of rotatable bonds is 6. The Kier molecular flexibility index (Phi) is 5.46. The summed E-state index contributed by atoms with van der Waals surface area (Å²) in [4.78, 5) is 13.3. The molecular weight excluding hydrogens is 292 g/mol. The molecule has 0 amide bonds. The molecule has 2 aliphatic heterocycles. The van der Waals surface area contributed by atoms with Crippen LogP contribution in [0.15, 0.2) is 18.5 Å². The molecule has 23 heavy (non-hydrogen) atoms. The van der Waals surface area contributed by atoms with E-state index in [0.717, 1.165) is 64.7 Å². The van der Waals surface area contributed by atoms with Crippen LogP contribution in [0.1, 0.15) is 19.3 Å². The molecular formula is C17H28N4O2. The topological polar surface area (TPSA) is 50.7 Å². The second kappa shape index (κ2) is 7.55. The summed E-state index contributed by atoms with van der Waals surface area (Å²) in [6.07, 6.45) is 7.21. The molecule has 0 spiro atoms. The van der Waals surface area contributed by atoms with Gasteiger partial charge < -0.3 is 19.3 Å². The second-order valence-electron chi connectivity index (χ2n) is 6.94. The first-order valence-corrected chi connectivity index (χ1v) is 8.56. The number of anilines is 1. The maximum absolute atomic E-state index is 6.09. The Morgan fingerprint density at radius 3 is 3.00 bits per heavy atom. The van der Waals surface area contributed by atoms with Crippen LogP contribution in [0.25, 0.3) is 0 Å². The van der Waals surface area contributed by atoms with Crippen molar-refractivity contribution in [2.75, 3.05) is 58.5 Å². The molecule has 2 unspecified atom stereocenters. The van der Waals surface area contributed by atoms with Gasteiger partial charge in [0, 0.05) is 44.0 Å². The van der Waals surface area contributed by atoms with Crippen LogP contribution in [0, 0.1) is 5.41 Å². The van der Waals surface area contributed by atoms with Gasteiger partial charge in [-0.25, -0.2) is 9.97 Å². The van der Waals surface area contributed by atoms with Gasteiger partial charge in [-0.15, -0.1) is 0 Å². The molecule has 2 saturated heterocycles. The monoisotopic (exact) mass is 320 g/mol. The lowest BCUT2D eigenvalue weighted by molar-refractivity contribution is -0.125. The smallest absolute Gasteiger partial charge is 0.225 e. The molecule has 6 heteroatoms. The summed E-state index contributed by atoms with van der Waals surface area (Å²) >= 11 is 0. The standard InChI is InChI=1S/C17H28N4O2/c1-20(2)10-12-22-14-17-6-3-11-23-15(17)5-9-21(13-17)16-18-7-4-8-19-16/h4,7-8,15H,3,5-6,9-14H2,1-2H3. The van der Waals surface area contributed by atoms with E-state index in [1.165, 1.54) is 0 Å². The lowest BCUT2D eigenvalue weighted by atomic mass is 9.73. The zero-order valence-electron chi connectivity index (χ0n) is 14.3. The van der Waals surface area contributed by atoms with Gasteiger partial charge in [0.25, 0.3) is 0 Å². The molecule has 2 atom stereocenters. The Hall–Kier alpha value is -1.24. The summed E-state index contributed by atoms with van der Waals surface area (Å²) in [5.41, 5.74) is 0.0714. The minimum Gasteiger partial charge on any atom is -0.379 e. The maximum Gasteiger partial charge on any atom is 0.225 e. The number of piperidine rings is 1. The third-order valence-corrected chi connectivity index (χ3v) is 4.90. The highest BCUT2D eigenvalue weighted by atomic mass is 16.5. The molecule has 3 rings (SSSR count). The molecule has 3 heterocycles. The summed E-state index contributed by atoms with van der Waals surface area (Å²) < 4.78 is 12.1. The average molecular weight is 320 g/mol. The van der Waals surface area contributed by atoms with Gasteiger partial charge in [0.1, 0.15) is 0 Å². The number of ether oxygens (including phenoxy) is 2. The van der Waals surface area contributed by atoms with Crippen LogP contribution in [-0.2, 0) is 9.47 Å². The van der Waals surface area contributed by atoms with Crippen LogP contribution in [-0.4, -0.2) is 74.5 Å². The average Bonchev–Trinajstić information content (AvgIpc) is 2.59. The predicted molar refractivity (Wildman–Crippen MR) is 89.6 cm³/mol. The van der Waals surface area contributed by atoms with E-state index >= 15 is 0 Å². The van der Waals surface area contributed by atoms with Crippen molar-refractivity contribution in [3.05, 3.63) is 18.5 Å². The van der Waals surface area contributed by atoms with E-state index in [-0.39, 0.29) is 5.41 Å². The fourth-order valence-corrected chi connectivity index (χ4v) is 3.65. The van der Waals surface area contributed by atoms with Gasteiger partial charge >= 0.3 is 0 Å². The molecule has 0 N–H and O–H groups in total. The van der Waals surface area contributed by atoms with Gasteiger partial charge in [-0.3, -0.25) is 0 Å². The number of nitrogens with zero attached hydrogens (tertiary/aromatic N) is 4. The quantitative estimate of drug-likeness (QED) is 0.739. The minimum absolute atomic E-state index is 0.0714. The van der Waals surface area contributed by atoms with Gasteiger partial charge in [-0.05, 0) is 39.4 Å². The normalized spacial score (nSPS) is 28.0. The molecule has 128 valence electrons. The van der Waals surface area contributed by atoms with Crippen LogP contribution in [0.2, 0.25) is 0 Å². The van der Waals surface area contributed by atoms with Crippen LogP contribution < -0.4 is 4.90 Å². The van der Waals surface area contributed by atoms with E-state index < -0.39 is 0 Å². The Bertz CT molecular complexity index is 485. The maximum atomic E-state index is 6.09. The Morgan fingerprint density at radius 2 is 2.22 bits per heavy atom. The van der Waals surface area contributed by atoms with Gasteiger partial charge in [-0.2, -0.15) is 0 Å². The van der Waals surface area contributed by atoms with Crippen LogP contribution >= 0.6 is 0 Å². The van der Waals surface area contributed by atoms with E-state index in [1.54, 1.807) is 0 Å². The number of fused-ring (bicyclic) bond motifs is 1. The van der Waals surface area contributed by atoms with Crippen molar-refractivity contribution in [3.63, 3.8) is 0 Å². The molecule has 0 aliphatic carbocycles. The molecule has 0 aromatic carbocycles. The van der Waals surface area contributed by atoms with Crippen molar-refractivity contribution in [1.29, 1.82) is 0 Å². The van der Waals surface area contributed by atoms with Crippen molar-refractivity contribution < 1.29 is 9.47 Å². The molecule has 1 aromatic heterocycles. The molecule has 2 fully saturated rings. The Morgan fingerprint density at radius 1 is 1.39 bits per heavy atom. The Balaban J connectivity index is 1.67. The van der Waals surface area contributed by atoms with E-state index in [4.69, 9.17) is 9.47 Å². The first kappa shape index (κ1) is 16.6. The van der Waals surface area contributed by atoms with Gasteiger partial charge in [0.15, 0.2) is 0 Å². The summed E-state index contributed by atoms with van der Waals surface area (Å²) in [5.74, 6) is 0.823. The largest absolute Gasteiger partial charge is 0.379 e. The zero-order chi connectivity index (χ0) is 16.1. The fourth-order valence-electron chi connectivity index (χ4n) is 3.65. The van der Waals surface area contributed by atoms with E-state index in [2.05, 4.69) is 33.9 Å². The fraction of sp³-hybridized carbons (Fsp3) is 0.765. The predicted octanol–water partition coefficient (Wildman–Crippen LogP) is 1.43. The number of hydrogen-bond acceptors (Lipinski definition) is 6. The van der Waals surface area contributed by atoms with E-state index in [9.17, 15) is 0 Å². The summed E-state index contributed by atoms with van der Waals surface area (Å²) in [6.45, 7) is 5.23. The number of hydrogen-bond donors (Lipinski definition) is 0. The highest BCUT2D eigenvalue weighted by molar-refractivity contribution is 5.31. The molecule has 0 radical (unpaired) electrons. The number of aromatic nitrogens is 2. The summed E-state index contributed by atoms with van der Waals surface area (Å²) in [5, 5.41) is 0. The van der Waals surface area contributed by atoms with Crippen LogP contribution in [0.4, 0.5) is 5.95 Å². The van der Waals surface area contributed by atoms with Crippen LogP contribution in [0.3, 0.4) is 0 Å². The van der Waals surface area contributed by atoms with Gasteiger partial charge in [-0.1, -0.05) is 0 Å². The summed E-state index contributed by atoms with van der Waals surface area (Å²) in [6, 6.07) is 1.86. The van der Waals surface area contributed by atoms with Gasteiger partial charge in [0.05, 0.1) is 19.3 Å². The molecule has 0 saturated carbocycles. The molecule has 2 aliphatic rings. The zero-order valence-corrected chi connectivity index (χ0v) is 14.3. The minimum atomic E-state index is 0.0714. The molecule has 1 aromatic rings. The van der Waals surface area contributed by atoms with Crippen molar-refractivity contribution in [1.82, 2.24) is 14.9 Å². The van der Waals surface area contributed by atoms with Crippen molar-refractivity contribution in [2.24, 2.45) is 5.41 Å². The highest BCUT2D eigenvalue weighted by Gasteiger charge is 2.46. The van der Waals surface area contributed by atoms with Crippen molar-refractivity contribution >= 4 is 5.95 Å². The SMILES string of the molecule is CN(C)CCOCC12CCCOC1CCN(c1ncccn1)C2. The lowest BCUT2D eigenvalue weighted by Gasteiger charge is -2.50. The van der Waals surface area contributed by atoms with E-state index in [1.807, 2.05) is 18.5 Å². The Labute approximate surface area is 138 Å². The molecule has 6 nitrogen and oxygen atoms in total. The lowest BCUT2D eigenvalue weighted by Crippen LogP contribution is -2.57. The molecule has 0 bridgehead atoms. The van der Waals surface area contributed by atoms with Gasteiger partial charge in [0.2, 0.25) is 5.95 Å². The first-order valence-electron chi connectivity index (χ1n) is 8.56. The highest BCUT2D eigenvalue weighted by Crippen LogP contribution is 2.41. The third-order valence-electron chi connectivity index (χ3n) is 4.90. The summed E-state index contributed by atoms with van der Waals surface area (Å²) in [7, 11) is 4.15.